The summed E-state index contributed by atoms with van der Waals surface area (Å²) in [5.41, 5.74) is 2.27. The normalized spacial score (nSPS) is 11.4. The molecular formula is C19H15ClN6OS. The first-order valence-corrected chi connectivity index (χ1v) is 9.61. The number of carbonyl (C=O) groups is 1. The van der Waals surface area contributed by atoms with Crippen LogP contribution in [0.3, 0.4) is 0 Å². The van der Waals surface area contributed by atoms with E-state index in [1.165, 1.54) is 11.3 Å². The number of thiazole rings is 1. The van der Waals surface area contributed by atoms with Gasteiger partial charge in [0.15, 0.2) is 0 Å². The van der Waals surface area contributed by atoms with Gasteiger partial charge in [-0.15, -0.1) is 11.3 Å². The van der Waals surface area contributed by atoms with Gasteiger partial charge < -0.3 is 5.32 Å². The topological polar surface area (TPSA) is 107 Å². The molecule has 3 rings (SSSR count). The zero-order valence-electron chi connectivity index (χ0n) is 14.9. The van der Waals surface area contributed by atoms with E-state index in [0.717, 1.165) is 11.3 Å². The van der Waals surface area contributed by atoms with Crippen LogP contribution in [-0.2, 0) is 13.0 Å². The van der Waals surface area contributed by atoms with Gasteiger partial charge >= 0.3 is 0 Å². The summed E-state index contributed by atoms with van der Waals surface area (Å²) in [6, 6.07) is 10.9. The van der Waals surface area contributed by atoms with Crippen LogP contribution in [0.15, 0.2) is 35.8 Å². The lowest BCUT2D eigenvalue weighted by molar-refractivity contribution is 0.0931. The van der Waals surface area contributed by atoms with Crippen molar-refractivity contribution in [2.75, 3.05) is 0 Å². The number of nitrogens with zero attached hydrogens (tertiary/aromatic N) is 5. The molecule has 0 fully saturated rings. The molecule has 2 heterocycles. The van der Waals surface area contributed by atoms with Crippen LogP contribution in [0.1, 0.15) is 28.0 Å². The van der Waals surface area contributed by atoms with Gasteiger partial charge in [0.25, 0.3) is 5.91 Å². The van der Waals surface area contributed by atoms with Gasteiger partial charge in [-0.2, -0.15) is 15.6 Å². The maximum Gasteiger partial charge on any atom is 0.271 e. The predicted molar refractivity (Wildman–Crippen MR) is 106 cm³/mol. The highest BCUT2D eigenvalue weighted by atomic mass is 35.5. The van der Waals surface area contributed by atoms with Crippen LogP contribution in [0.2, 0.25) is 5.02 Å². The molecule has 1 atom stereocenters. The SMILES string of the molecule is C[C@@H](Cn1ccc(-c2ccc(C#N)c(Cl)c2)n1)NC(=O)c1csc(CC#N)n1. The summed E-state index contributed by atoms with van der Waals surface area (Å²) in [5.74, 6) is -0.279. The van der Waals surface area contributed by atoms with E-state index in [1.807, 2.05) is 31.3 Å². The fourth-order valence-corrected chi connectivity index (χ4v) is 3.50. The molecule has 140 valence electrons. The van der Waals surface area contributed by atoms with Gasteiger partial charge in [0.05, 0.1) is 35.3 Å². The van der Waals surface area contributed by atoms with Gasteiger partial charge in [-0.05, 0) is 25.1 Å². The summed E-state index contributed by atoms with van der Waals surface area (Å²) in [6.07, 6.45) is 2.01. The van der Waals surface area contributed by atoms with E-state index in [9.17, 15) is 4.79 Å². The molecule has 0 aliphatic heterocycles. The van der Waals surface area contributed by atoms with Gasteiger partial charge in [0.2, 0.25) is 0 Å². The first-order chi connectivity index (χ1) is 13.5. The van der Waals surface area contributed by atoms with E-state index in [4.69, 9.17) is 22.1 Å². The van der Waals surface area contributed by atoms with Crippen LogP contribution in [0.4, 0.5) is 0 Å². The number of benzene rings is 1. The van der Waals surface area contributed by atoms with Crippen LogP contribution in [0, 0.1) is 22.7 Å². The average molecular weight is 411 g/mol. The first-order valence-electron chi connectivity index (χ1n) is 8.36. The molecule has 0 saturated carbocycles. The van der Waals surface area contributed by atoms with Gasteiger partial charge in [0.1, 0.15) is 16.8 Å². The molecule has 7 nitrogen and oxygen atoms in total. The Balaban J connectivity index is 1.62. The summed E-state index contributed by atoms with van der Waals surface area (Å²) in [5, 5.41) is 27.7. The van der Waals surface area contributed by atoms with Crippen LogP contribution in [0.5, 0.6) is 0 Å². The van der Waals surface area contributed by atoms with E-state index in [1.54, 1.807) is 28.3 Å². The lowest BCUT2D eigenvalue weighted by atomic mass is 10.1. The van der Waals surface area contributed by atoms with Crippen molar-refractivity contribution in [3.8, 4) is 23.4 Å². The number of halogens is 1. The van der Waals surface area contributed by atoms with Crippen molar-refractivity contribution in [3.05, 3.63) is 57.1 Å². The maximum absolute atomic E-state index is 12.3. The lowest BCUT2D eigenvalue weighted by Gasteiger charge is -2.13. The van der Waals surface area contributed by atoms with E-state index >= 15 is 0 Å². The van der Waals surface area contributed by atoms with Gasteiger partial charge in [-0.3, -0.25) is 9.48 Å². The number of carbonyl (C=O) groups excluding carboxylic acids is 1. The smallest absolute Gasteiger partial charge is 0.271 e. The summed E-state index contributed by atoms with van der Waals surface area (Å²) in [6.45, 7) is 2.35. The van der Waals surface area contributed by atoms with Crippen molar-refractivity contribution in [2.24, 2.45) is 0 Å². The zero-order chi connectivity index (χ0) is 20.1. The minimum absolute atomic E-state index is 0.175. The molecule has 0 saturated heterocycles. The Labute approximate surface area is 170 Å². The summed E-state index contributed by atoms with van der Waals surface area (Å²) in [4.78, 5) is 16.4. The molecule has 0 aliphatic carbocycles. The Morgan fingerprint density at radius 3 is 2.93 bits per heavy atom. The van der Waals surface area contributed by atoms with Crippen LogP contribution >= 0.6 is 22.9 Å². The van der Waals surface area contributed by atoms with Crippen molar-refractivity contribution in [1.82, 2.24) is 20.1 Å². The Bertz CT molecular complexity index is 1090. The molecule has 0 aliphatic rings. The monoisotopic (exact) mass is 410 g/mol. The first kappa shape index (κ1) is 19.6. The second-order valence-electron chi connectivity index (χ2n) is 6.07. The molecule has 9 heteroatoms. The van der Waals surface area contributed by atoms with E-state index in [-0.39, 0.29) is 18.4 Å². The maximum atomic E-state index is 12.3. The molecule has 1 aromatic carbocycles. The van der Waals surface area contributed by atoms with Crippen molar-refractivity contribution in [2.45, 2.75) is 25.9 Å². The van der Waals surface area contributed by atoms with Crippen LogP contribution < -0.4 is 5.32 Å². The molecule has 0 bridgehead atoms. The molecule has 28 heavy (non-hydrogen) atoms. The molecule has 1 N–H and O–H groups in total. The minimum atomic E-state index is -0.279. The average Bonchev–Trinajstić information content (AvgIpc) is 3.31. The number of nitrogens with one attached hydrogen (secondary N) is 1. The van der Waals surface area contributed by atoms with E-state index < -0.39 is 0 Å². The fraction of sp³-hybridized carbons (Fsp3) is 0.211. The van der Waals surface area contributed by atoms with Crippen LogP contribution in [0.25, 0.3) is 11.3 Å². The van der Waals surface area contributed by atoms with Crippen molar-refractivity contribution in [1.29, 1.82) is 10.5 Å². The number of hydrogen-bond acceptors (Lipinski definition) is 6. The van der Waals surface area contributed by atoms with Crippen molar-refractivity contribution in [3.63, 3.8) is 0 Å². The Hall–Kier alpha value is -3.20. The molecule has 0 unspecified atom stereocenters. The fourth-order valence-electron chi connectivity index (χ4n) is 2.57. The summed E-state index contributed by atoms with van der Waals surface area (Å²) in [7, 11) is 0. The zero-order valence-corrected chi connectivity index (χ0v) is 16.5. The number of aromatic nitrogens is 3. The second-order valence-corrected chi connectivity index (χ2v) is 7.42. The van der Waals surface area contributed by atoms with E-state index in [2.05, 4.69) is 15.4 Å². The summed E-state index contributed by atoms with van der Waals surface area (Å²) < 4.78 is 1.73. The van der Waals surface area contributed by atoms with Gasteiger partial charge in [0, 0.05) is 23.2 Å². The third-order valence-corrected chi connectivity index (χ3v) is 5.04. The highest BCUT2D eigenvalue weighted by Crippen LogP contribution is 2.24. The molecule has 0 radical (unpaired) electrons. The third kappa shape index (κ3) is 4.55. The molecule has 0 spiro atoms. The lowest BCUT2D eigenvalue weighted by Crippen LogP contribution is -2.36. The van der Waals surface area contributed by atoms with Gasteiger partial charge in [-0.25, -0.2) is 4.98 Å². The third-order valence-electron chi connectivity index (χ3n) is 3.88. The van der Waals surface area contributed by atoms with E-state index in [0.29, 0.717) is 27.8 Å². The molecular weight excluding hydrogens is 396 g/mol. The number of amides is 1. The highest BCUT2D eigenvalue weighted by molar-refractivity contribution is 7.09. The Kier molecular flexibility index (Phi) is 6.05. The standard InChI is InChI=1S/C19H15ClN6OS/c1-12(23-19(27)17-11-28-18(24-17)4-6-21)10-26-7-5-16(25-26)13-2-3-14(9-22)15(20)8-13/h2-3,5,7-8,11-12H,4,10H2,1H3,(H,23,27)/t12-/m0/s1. The number of rotatable bonds is 6. The highest BCUT2D eigenvalue weighted by Gasteiger charge is 2.14. The summed E-state index contributed by atoms with van der Waals surface area (Å²) >= 11 is 7.38. The van der Waals surface area contributed by atoms with Crippen molar-refractivity contribution >= 4 is 28.8 Å². The quantitative estimate of drug-likeness (QED) is 0.669. The predicted octanol–water partition coefficient (Wildman–Crippen LogP) is 3.42. The molecule has 3 aromatic rings. The largest absolute Gasteiger partial charge is 0.346 e. The Morgan fingerprint density at radius 2 is 2.21 bits per heavy atom. The number of hydrogen-bond donors (Lipinski definition) is 1. The molecule has 2 aromatic heterocycles. The number of nitriles is 2. The van der Waals surface area contributed by atoms with Gasteiger partial charge in [-0.1, -0.05) is 17.7 Å². The minimum Gasteiger partial charge on any atom is -0.346 e. The molecule has 1 amide bonds. The van der Waals surface area contributed by atoms with Crippen LogP contribution in [-0.4, -0.2) is 26.7 Å². The van der Waals surface area contributed by atoms with Crippen molar-refractivity contribution < 1.29 is 4.79 Å². The Morgan fingerprint density at radius 1 is 1.39 bits per heavy atom. The second kappa shape index (κ2) is 8.66.